The topological polar surface area (TPSA) is 98.5 Å². The van der Waals surface area contributed by atoms with Gasteiger partial charge >= 0.3 is 0 Å². The van der Waals surface area contributed by atoms with E-state index in [4.69, 9.17) is 9.15 Å². The zero-order valence-electron chi connectivity index (χ0n) is 17.3. The van der Waals surface area contributed by atoms with E-state index in [-0.39, 0.29) is 38.7 Å². The molecule has 33 heavy (non-hydrogen) atoms. The summed E-state index contributed by atoms with van der Waals surface area (Å²) in [7, 11) is -4.03. The number of aromatic nitrogens is 1. The molecule has 0 spiro atoms. The third kappa shape index (κ3) is 5.84. The zero-order valence-corrected chi connectivity index (χ0v) is 20.5. The second-order valence-electron chi connectivity index (χ2n) is 7.30. The van der Waals surface area contributed by atoms with Crippen LogP contribution in [0.25, 0.3) is 11.5 Å². The highest BCUT2D eigenvalue weighted by Crippen LogP contribution is 2.35. The predicted octanol–water partition coefficient (Wildman–Crippen LogP) is 4.46. The van der Waals surface area contributed by atoms with Gasteiger partial charge in [-0.1, -0.05) is 27.7 Å². The van der Waals surface area contributed by atoms with E-state index < -0.39 is 15.7 Å². The number of oxazole rings is 1. The van der Waals surface area contributed by atoms with Crippen molar-refractivity contribution in [3.63, 3.8) is 0 Å². The molecular formula is C22H20BrFN2O5S2. The van der Waals surface area contributed by atoms with Gasteiger partial charge in [0, 0.05) is 23.2 Å². The van der Waals surface area contributed by atoms with Crippen LogP contribution >= 0.6 is 27.7 Å². The van der Waals surface area contributed by atoms with Crippen molar-refractivity contribution in [3.05, 3.63) is 58.8 Å². The molecule has 2 heterocycles. The molecule has 3 aromatic rings. The number of nitrogens with zero attached hydrogens (tertiary/aromatic N) is 1. The van der Waals surface area contributed by atoms with Crippen LogP contribution < -0.4 is 5.32 Å². The van der Waals surface area contributed by atoms with Gasteiger partial charge in [-0.15, -0.1) is 0 Å². The van der Waals surface area contributed by atoms with E-state index in [9.17, 15) is 17.6 Å². The molecule has 1 N–H and O–H groups in total. The summed E-state index contributed by atoms with van der Waals surface area (Å²) >= 11 is 4.22. The lowest BCUT2D eigenvalue weighted by Gasteiger charge is -2.10. The molecular weight excluding hydrogens is 535 g/mol. The third-order valence-corrected chi connectivity index (χ3v) is 8.20. The fourth-order valence-electron chi connectivity index (χ4n) is 3.21. The van der Waals surface area contributed by atoms with Gasteiger partial charge in [0.1, 0.15) is 5.82 Å². The van der Waals surface area contributed by atoms with Gasteiger partial charge in [-0.2, -0.15) is 4.98 Å². The van der Waals surface area contributed by atoms with E-state index in [0.717, 1.165) is 29.1 Å². The molecule has 0 saturated carbocycles. The molecule has 174 valence electrons. The Balaban J connectivity index is 1.59. The van der Waals surface area contributed by atoms with Crippen molar-refractivity contribution in [1.82, 2.24) is 10.3 Å². The number of hydrogen-bond donors (Lipinski definition) is 1. The molecule has 1 aliphatic rings. The Bertz CT molecular complexity index is 1220. The van der Waals surface area contributed by atoms with Crippen LogP contribution in [0.3, 0.4) is 0 Å². The van der Waals surface area contributed by atoms with Crippen molar-refractivity contribution in [3.8, 4) is 11.5 Å². The van der Waals surface area contributed by atoms with Crippen LogP contribution in [0.15, 0.2) is 72.4 Å². The molecule has 1 amide bonds. The van der Waals surface area contributed by atoms with Crippen LogP contribution in [0.4, 0.5) is 4.39 Å². The minimum Gasteiger partial charge on any atom is -0.428 e. The van der Waals surface area contributed by atoms with Crippen LogP contribution in [0, 0.1) is 5.82 Å². The number of ether oxygens (including phenoxy) is 1. The number of hydrogen-bond acceptors (Lipinski definition) is 7. The normalized spacial score (nSPS) is 16.1. The Kier molecular flexibility index (Phi) is 7.52. The molecule has 0 radical (unpaired) electrons. The molecule has 0 bridgehead atoms. The second kappa shape index (κ2) is 10.4. The number of carbonyl (C=O) groups is 1. The molecule has 11 heteroatoms. The Morgan fingerprint density at radius 1 is 1.18 bits per heavy atom. The molecule has 0 unspecified atom stereocenters. The van der Waals surface area contributed by atoms with E-state index in [0.29, 0.717) is 18.7 Å². The van der Waals surface area contributed by atoms with Gasteiger partial charge in [-0.25, -0.2) is 12.8 Å². The van der Waals surface area contributed by atoms with Crippen LogP contribution in [0.5, 0.6) is 0 Å². The number of carbonyl (C=O) groups excluding carboxylic acids is 1. The summed E-state index contributed by atoms with van der Waals surface area (Å²) in [6, 6.07) is 11.5. The number of nitrogens with one attached hydrogen (secondary N) is 1. The van der Waals surface area contributed by atoms with E-state index >= 15 is 0 Å². The number of sulfone groups is 1. The number of halogens is 2. The average Bonchev–Trinajstić information content (AvgIpc) is 3.47. The summed E-state index contributed by atoms with van der Waals surface area (Å²) in [6.45, 7) is 1.09. The fourth-order valence-corrected chi connectivity index (χ4v) is 5.83. The Labute approximate surface area is 203 Å². The average molecular weight is 555 g/mol. The number of thioether (sulfide) groups is 1. The van der Waals surface area contributed by atoms with Crippen LogP contribution in [-0.4, -0.2) is 44.3 Å². The van der Waals surface area contributed by atoms with Crippen LogP contribution in [0.2, 0.25) is 0 Å². The third-order valence-electron chi connectivity index (χ3n) is 4.92. The minimum absolute atomic E-state index is 0.00246. The largest absolute Gasteiger partial charge is 0.428 e. The van der Waals surface area contributed by atoms with Gasteiger partial charge in [0.2, 0.25) is 31.8 Å². The maximum Gasteiger partial charge on any atom is 0.230 e. The van der Waals surface area contributed by atoms with Gasteiger partial charge in [0.25, 0.3) is 0 Å². The second-order valence-corrected chi connectivity index (χ2v) is 11.0. The standard InChI is InChI=1S/C22H20BrFN2O5S2/c23-15-5-9-18(10-6-15)33(28,29)21-22(31-20(26-21)14-3-7-16(24)8-4-14)32-13-19(27)25-12-17-2-1-11-30-17/h3-10,17H,1-2,11-13H2,(H,25,27)/t17-/m1/s1. The summed E-state index contributed by atoms with van der Waals surface area (Å²) in [6.07, 6.45) is 1.87. The summed E-state index contributed by atoms with van der Waals surface area (Å²) < 4.78 is 51.8. The van der Waals surface area contributed by atoms with Crippen molar-refractivity contribution in [2.75, 3.05) is 18.9 Å². The number of benzene rings is 2. The molecule has 1 aromatic heterocycles. The van der Waals surface area contributed by atoms with Gasteiger partial charge in [-0.05, 0) is 61.4 Å². The molecule has 1 fully saturated rings. The van der Waals surface area contributed by atoms with E-state index in [1.165, 1.54) is 36.4 Å². The summed E-state index contributed by atoms with van der Waals surface area (Å²) in [5, 5.41) is 2.49. The van der Waals surface area contributed by atoms with Crippen molar-refractivity contribution in [1.29, 1.82) is 0 Å². The highest BCUT2D eigenvalue weighted by Gasteiger charge is 2.29. The SMILES string of the molecule is O=C(CSc1oc(-c2ccc(F)cc2)nc1S(=O)(=O)c1ccc(Br)cc1)NC[C@H]1CCCO1. The maximum atomic E-state index is 13.3. The molecule has 2 aromatic carbocycles. The Morgan fingerprint density at radius 2 is 1.91 bits per heavy atom. The van der Waals surface area contributed by atoms with Gasteiger partial charge in [-0.3, -0.25) is 4.79 Å². The van der Waals surface area contributed by atoms with E-state index in [1.54, 1.807) is 12.1 Å². The molecule has 4 rings (SSSR count). The van der Waals surface area contributed by atoms with Gasteiger partial charge < -0.3 is 14.5 Å². The molecule has 1 saturated heterocycles. The predicted molar refractivity (Wildman–Crippen MR) is 124 cm³/mol. The first-order valence-electron chi connectivity index (χ1n) is 10.1. The first-order valence-corrected chi connectivity index (χ1v) is 13.4. The van der Waals surface area contributed by atoms with Crippen molar-refractivity contribution >= 4 is 43.4 Å². The maximum absolute atomic E-state index is 13.3. The lowest BCUT2D eigenvalue weighted by Crippen LogP contribution is -2.32. The highest BCUT2D eigenvalue weighted by molar-refractivity contribution is 9.10. The van der Waals surface area contributed by atoms with Gasteiger partial charge in [0.05, 0.1) is 16.8 Å². The Hall–Kier alpha value is -2.21. The highest BCUT2D eigenvalue weighted by atomic mass is 79.9. The van der Waals surface area contributed by atoms with E-state index in [2.05, 4.69) is 26.2 Å². The molecule has 1 aliphatic heterocycles. The number of amides is 1. The summed E-state index contributed by atoms with van der Waals surface area (Å²) in [5.74, 6) is -0.756. The monoisotopic (exact) mass is 554 g/mol. The van der Waals surface area contributed by atoms with Gasteiger partial charge in [0.15, 0.2) is 0 Å². The first kappa shape index (κ1) is 23.9. The van der Waals surface area contributed by atoms with Crippen molar-refractivity contribution < 1.29 is 26.8 Å². The van der Waals surface area contributed by atoms with E-state index in [1.807, 2.05) is 0 Å². The van der Waals surface area contributed by atoms with Crippen molar-refractivity contribution in [2.45, 2.75) is 34.0 Å². The lowest BCUT2D eigenvalue weighted by atomic mass is 10.2. The quantitative estimate of drug-likeness (QED) is 0.410. The van der Waals surface area contributed by atoms with Crippen molar-refractivity contribution in [2.24, 2.45) is 0 Å². The zero-order chi connectivity index (χ0) is 23.4. The smallest absolute Gasteiger partial charge is 0.230 e. The lowest BCUT2D eigenvalue weighted by molar-refractivity contribution is -0.119. The van der Waals surface area contributed by atoms with Crippen LogP contribution in [-0.2, 0) is 19.4 Å². The van der Waals surface area contributed by atoms with Crippen LogP contribution in [0.1, 0.15) is 12.8 Å². The fraction of sp³-hybridized carbons (Fsp3) is 0.273. The molecule has 7 nitrogen and oxygen atoms in total. The number of rotatable bonds is 8. The summed E-state index contributed by atoms with van der Waals surface area (Å²) in [4.78, 5) is 16.6. The minimum atomic E-state index is -4.03. The first-order chi connectivity index (χ1) is 15.8. The molecule has 0 aliphatic carbocycles. The summed E-state index contributed by atoms with van der Waals surface area (Å²) in [5.41, 5.74) is 0.415. The Morgan fingerprint density at radius 3 is 2.58 bits per heavy atom. The molecule has 1 atom stereocenters.